The zero-order valence-corrected chi connectivity index (χ0v) is 14.0. The van der Waals surface area contributed by atoms with Crippen LogP contribution in [0.1, 0.15) is 20.8 Å². The van der Waals surface area contributed by atoms with Crippen LogP contribution >= 0.6 is 12.4 Å². The van der Waals surface area contributed by atoms with E-state index in [1.54, 1.807) is 18.2 Å². The summed E-state index contributed by atoms with van der Waals surface area (Å²) in [6, 6.07) is 4.92. The SMILES string of the molecule is CCN(CC)C(C)C(=O)Oc1c(OC)cccc1OC.Cl. The molecule has 0 radical (unpaired) electrons. The lowest BCUT2D eigenvalue weighted by Gasteiger charge is -2.25. The number of likely N-dealkylation sites (N-methyl/N-ethyl adjacent to an activating group) is 1. The van der Waals surface area contributed by atoms with Crippen molar-refractivity contribution in [3.63, 3.8) is 0 Å². The third-order valence-corrected chi connectivity index (χ3v) is 3.29. The number of methoxy groups -OCH3 is 2. The molecule has 5 nitrogen and oxygen atoms in total. The molecule has 1 atom stereocenters. The third kappa shape index (κ3) is 4.79. The van der Waals surface area contributed by atoms with Crippen LogP contribution < -0.4 is 14.2 Å². The number of carbonyl (C=O) groups is 1. The van der Waals surface area contributed by atoms with E-state index in [0.29, 0.717) is 17.2 Å². The molecular weight excluding hydrogens is 294 g/mol. The second-order valence-corrected chi connectivity index (χ2v) is 4.31. The third-order valence-electron chi connectivity index (χ3n) is 3.29. The Balaban J connectivity index is 0.00000400. The second kappa shape index (κ2) is 9.47. The smallest absolute Gasteiger partial charge is 0.328 e. The van der Waals surface area contributed by atoms with Crippen molar-refractivity contribution in [3.05, 3.63) is 18.2 Å². The Bertz CT molecular complexity index is 427. The van der Waals surface area contributed by atoms with Crippen LogP contribution in [0.2, 0.25) is 0 Å². The van der Waals surface area contributed by atoms with E-state index in [2.05, 4.69) is 0 Å². The topological polar surface area (TPSA) is 48.0 Å². The molecule has 0 N–H and O–H groups in total. The first-order valence-corrected chi connectivity index (χ1v) is 6.75. The van der Waals surface area contributed by atoms with Gasteiger partial charge in [-0.2, -0.15) is 0 Å². The summed E-state index contributed by atoms with van der Waals surface area (Å²) in [5.74, 6) is 0.951. The van der Waals surface area contributed by atoms with Crippen molar-refractivity contribution in [2.45, 2.75) is 26.8 Å². The predicted octanol–water partition coefficient (Wildman–Crippen LogP) is 2.76. The van der Waals surface area contributed by atoms with Gasteiger partial charge < -0.3 is 14.2 Å². The molecule has 1 aromatic rings. The molecule has 0 aliphatic heterocycles. The fourth-order valence-electron chi connectivity index (χ4n) is 2.02. The van der Waals surface area contributed by atoms with Gasteiger partial charge >= 0.3 is 5.97 Å². The second-order valence-electron chi connectivity index (χ2n) is 4.31. The number of rotatable bonds is 7. The molecule has 0 aromatic heterocycles. The molecule has 0 aliphatic carbocycles. The van der Waals surface area contributed by atoms with Gasteiger partial charge in [-0.1, -0.05) is 19.9 Å². The number of benzene rings is 1. The van der Waals surface area contributed by atoms with Crippen molar-refractivity contribution in [3.8, 4) is 17.2 Å². The van der Waals surface area contributed by atoms with Crippen molar-refractivity contribution < 1.29 is 19.0 Å². The van der Waals surface area contributed by atoms with Gasteiger partial charge in [-0.05, 0) is 32.1 Å². The van der Waals surface area contributed by atoms with Crippen molar-refractivity contribution in [1.29, 1.82) is 0 Å². The standard InChI is InChI=1S/C15H23NO4.ClH/c1-6-16(7-2)11(3)15(17)20-14-12(18-4)9-8-10-13(14)19-5;/h8-11H,6-7H2,1-5H3;1H. The number of nitrogens with zero attached hydrogens (tertiary/aromatic N) is 1. The highest BCUT2D eigenvalue weighted by atomic mass is 35.5. The summed E-state index contributed by atoms with van der Waals surface area (Å²) in [6.07, 6.45) is 0. The zero-order valence-electron chi connectivity index (χ0n) is 13.2. The lowest BCUT2D eigenvalue weighted by atomic mass is 10.2. The highest BCUT2D eigenvalue weighted by molar-refractivity contribution is 5.85. The van der Waals surface area contributed by atoms with E-state index in [0.717, 1.165) is 13.1 Å². The largest absolute Gasteiger partial charge is 0.493 e. The quantitative estimate of drug-likeness (QED) is 0.571. The highest BCUT2D eigenvalue weighted by Crippen LogP contribution is 2.37. The van der Waals surface area contributed by atoms with Crippen LogP contribution in [-0.2, 0) is 4.79 Å². The number of para-hydroxylation sites is 1. The summed E-state index contributed by atoms with van der Waals surface area (Å²) < 4.78 is 15.9. The molecule has 6 heteroatoms. The normalized spacial score (nSPS) is 11.5. The maximum Gasteiger partial charge on any atom is 0.328 e. The number of carbonyl (C=O) groups excluding carboxylic acids is 1. The van der Waals surface area contributed by atoms with E-state index >= 15 is 0 Å². The predicted molar refractivity (Wildman–Crippen MR) is 84.8 cm³/mol. The van der Waals surface area contributed by atoms with Crippen LogP contribution in [0.5, 0.6) is 17.2 Å². The number of ether oxygens (including phenoxy) is 3. The maximum atomic E-state index is 12.2. The fourth-order valence-corrected chi connectivity index (χ4v) is 2.02. The minimum absolute atomic E-state index is 0. The van der Waals surface area contributed by atoms with Crippen molar-refractivity contribution >= 4 is 18.4 Å². The summed E-state index contributed by atoms with van der Waals surface area (Å²) in [6.45, 7) is 7.43. The van der Waals surface area contributed by atoms with Crippen LogP contribution in [0.15, 0.2) is 18.2 Å². The lowest BCUT2D eigenvalue weighted by Crippen LogP contribution is -2.41. The summed E-state index contributed by atoms with van der Waals surface area (Å²) in [7, 11) is 3.06. The van der Waals surface area contributed by atoms with Crippen molar-refractivity contribution in [2.75, 3.05) is 27.3 Å². The fraction of sp³-hybridized carbons (Fsp3) is 0.533. The molecule has 120 valence electrons. The van der Waals surface area contributed by atoms with Gasteiger partial charge in [-0.3, -0.25) is 4.90 Å². The Morgan fingerprint density at radius 2 is 1.62 bits per heavy atom. The lowest BCUT2D eigenvalue weighted by molar-refractivity contribution is -0.139. The highest BCUT2D eigenvalue weighted by Gasteiger charge is 2.23. The Morgan fingerprint density at radius 3 is 2.00 bits per heavy atom. The van der Waals surface area contributed by atoms with Crippen LogP contribution in [0.3, 0.4) is 0 Å². The summed E-state index contributed by atoms with van der Waals surface area (Å²) in [5.41, 5.74) is 0. The van der Waals surface area contributed by atoms with Crippen LogP contribution in [0.4, 0.5) is 0 Å². The monoisotopic (exact) mass is 317 g/mol. The average molecular weight is 318 g/mol. The average Bonchev–Trinajstić information content (AvgIpc) is 2.48. The molecule has 0 heterocycles. The van der Waals surface area contributed by atoms with E-state index in [4.69, 9.17) is 14.2 Å². The molecule has 1 aromatic carbocycles. The van der Waals surface area contributed by atoms with Crippen LogP contribution in [0.25, 0.3) is 0 Å². The minimum Gasteiger partial charge on any atom is -0.493 e. The molecule has 0 saturated carbocycles. The first-order chi connectivity index (χ1) is 9.58. The molecule has 0 aliphatic rings. The molecule has 1 unspecified atom stereocenters. The van der Waals surface area contributed by atoms with Gasteiger partial charge in [-0.15, -0.1) is 12.4 Å². The van der Waals surface area contributed by atoms with Crippen LogP contribution in [0, 0.1) is 0 Å². The number of halogens is 1. The van der Waals surface area contributed by atoms with E-state index in [1.165, 1.54) is 14.2 Å². The molecular formula is C15H24ClNO4. The summed E-state index contributed by atoms with van der Waals surface area (Å²) in [5, 5.41) is 0. The van der Waals surface area contributed by atoms with Gasteiger partial charge in [0.15, 0.2) is 11.5 Å². The van der Waals surface area contributed by atoms with E-state index < -0.39 is 0 Å². The van der Waals surface area contributed by atoms with E-state index in [9.17, 15) is 4.79 Å². The van der Waals surface area contributed by atoms with Crippen LogP contribution in [-0.4, -0.2) is 44.2 Å². The number of esters is 1. The summed E-state index contributed by atoms with van der Waals surface area (Å²) >= 11 is 0. The van der Waals surface area contributed by atoms with Crippen molar-refractivity contribution in [1.82, 2.24) is 4.90 Å². The van der Waals surface area contributed by atoms with Gasteiger partial charge in [0.1, 0.15) is 6.04 Å². The molecule has 0 fully saturated rings. The Kier molecular flexibility index (Phi) is 8.81. The molecule has 0 bridgehead atoms. The molecule has 1 rings (SSSR count). The molecule has 21 heavy (non-hydrogen) atoms. The molecule has 0 spiro atoms. The van der Waals surface area contributed by atoms with Gasteiger partial charge in [0, 0.05) is 0 Å². The van der Waals surface area contributed by atoms with E-state index in [-0.39, 0.29) is 24.4 Å². The first-order valence-electron chi connectivity index (χ1n) is 6.75. The Morgan fingerprint density at radius 1 is 1.14 bits per heavy atom. The van der Waals surface area contributed by atoms with Gasteiger partial charge in [0.25, 0.3) is 0 Å². The Hall–Kier alpha value is -1.46. The van der Waals surface area contributed by atoms with Gasteiger partial charge in [0.2, 0.25) is 5.75 Å². The number of hydrogen-bond acceptors (Lipinski definition) is 5. The minimum atomic E-state index is -0.323. The van der Waals surface area contributed by atoms with Gasteiger partial charge in [0.05, 0.1) is 14.2 Å². The first kappa shape index (κ1) is 19.5. The summed E-state index contributed by atoms with van der Waals surface area (Å²) in [4.78, 5) is 14.3. The zero-order chi connectivity index (χ0) is 15.1. The van der Waals surface area contributed by atoms with E-state index in [1.807, 2.05) is 25.7 Å². The van der Waals surface area contributed by atoms with Gasteiger partial charge in [-0.25, -0.2) is 4.79 Å². The maximum absolute atomic E-state index is 12.2. The van der Waals surface area contributed by atoms with Crippen molar-refractivity contribution in [2.24, 2.45) is 0 Å². The Labute approximate surface area is 132 Å². The molecule has 0 amide bonds. The molecule has 0 saturated heterocycles. The number of hydrogen-bond donors (Lipinski definition) is 0.